The molecule has 1 fully saturated rings. The molecule has 6 nitrogen and oxygen atoms in total. The lowest BCUT2D eigenvalue weighted by molar-refractivity contribution is -0.121. The number of nitrogens with zero attached hydrogens (tertiary/aromatic N) is 4. The number of nitriles is 1. The molecule has 0 unspecified atom stereocenters. The summed E-state index contributed by atoms with van der Waals surface area (Å²) in [6.45, 7) is 5.91. The van der Waals surface area contributed by atoms with Crippen LogP contribution in [0.1, 0.15) is 49.4 Å². The number of amides is 1. The van der Waals surface area contributed by atoms with Crippen LogP contribution in [-0.4, -0.2) is 35.2 Å². The molecule has 1 aliphatic rings. The highest BCUT2D eigenvalue weighted by molar-refractivity contribution is 5.79. The molecule has 1 N–H and O–H groups in total. The molecule has 6 heteroatoms. The van der Waals surface area contributed by atoms with Crippen molar-refractivity contribution in [3.8, 4) is 6.07 Å². The molecule has 2 aromatic rings. The Bertz CT molecular complexity index is 808. The molecular weight excluding hydrogens is 338 g/mol. The van der Waals surface area contributed by atoms with Crippen molar-refractivity contribution >= 4 is 11.7 Å². The molecule has 1 saturated heterocycles. The highest BCUT2D eigenvalue weighted by Gasteiger charge is 2.22. The number of nitrogens with one attached hydrogen (secondary N) is 1. The summed E-state index contributed by atoms with van der Waals surface area (Å²) >= 11 is 0. The third kappa shape index (κ3) is 5.04. The summed E-state index contributed by atoms with van der Waals surface area (Å²) < 4.78 is 0. The topological polar surface area (TPSA) is 81.9 Å². The SMILES string of the molecule is CC(C)c1ccc(CC(=O)N[C@H]2CCCN(c3ccc(C#N)nn3)C2)cc1. The maximum atomic E-state index is 12.4. The molecule has 140 valence electrons. The van der Waals surface area contributed by atoms with Gasteiger partial charge in [-0.05, 0) is 42.0 Å². The summed E-state index contributed by atoms with van der Waals surface area (Å²) in [6.07, 6.45) is 2.33. The van der Waals surface area contributed by atoms with E-state index in [2.05, 4.69) is 46.4 Å². The molecule has 1 aliphatic heterocycles. The molecule has 1 aromatic carbocycles. The van der Waals surface area contributed by atoms with Crippen molar-refractivity contribution in [1.82, 2.24) is 15.5 Å². The summed E-state index contributed by atoms with van der Waals surface area (Å²) in [6, 6.07) is 13.8. The standard InChI is InChI=1S/C21H25N5O/c1-15(2)17-7-5-16(6-8-17)12-21(27)23-19-4-3-11-26(14-19)20-10-9-18(13-22)24-25-20/h5-10,15,19H,3-4,11-12,14H2,1-2H3,(H,23,27)/t19-/m0/s1. The molecule has 27 heavy (non-hydrogen) atoms. The van der Waals surface area contributed by atoms with Gasteiger partial charge in [-0.25, -0.2) is 0 Å². The zero-order chi connectivity index (χ0) is 19.2. The Hall–Kier alpha value is -2.94. The number of carbonyl (C=O) groups excluding carboxylic acids is 1. The molecule has 1 aromatic heterocycles. The number of benzene rings is 1. The first kappa shape index (κ1) is 18.8. The van der Waals surface area contributed by atoms with E-state index in [0.717, 1.165) is 30.8 Å². The average molecular weight is 363 g/mol. The smallest absolute Gasteiger partial charge is 0.224 e. The van der Waals surface area contributed by atoms with Crippen molar-refractivity contribution in [3.63, 3.8) is 0 Å². The molecular formula is C21H25N5O. The zero-order valence-electron chi connectivity index (χ0n) is 15.9. The van der Waals surface area contributed by atoms with Gasteiger partial charge in [-0.15, -0.1) is 10.2 Å². The van der Waals surface area contributed by atoms with Crippen LogP contribution < -0.4 is 10.2 Å². The summed E-state index contributed by atoms with van der Waals surface area (Å²) in [4.78, 5) is 14.5. The average Bonchev–Trinajstić information content (AvgIpc) is 2.68. The lowest BCUT2D eigenvalue weighted by Gasteiger charge is -2.33. The van der Waals surface area contributed by atoms with E-state index in [1.165, 1.54) is 5.56 Å². The second-order valence-corrected chi connectivity index (χ2v) is 7.31. The van der Waals surface area contributed by atoms with Crippen LogP contribution in [-0.2, 0) is 11.2 Å². The molecule has 0 bridgehead atoms. The molecule has 1 atom stereocenters. The maximum absolute atomic E-state index is 12.4. The van der Waals surface area contributed by atoms with E-state index in [-0.39, 0.29) is 11.9 Å². The lowest BCUT2D eigenvalue weighted by atomic mass is 10.0. The van der Waals surface area contributed by atoms with E-state index in [1.807, 2.05) is 24.3 Å². The van der Waals surface area contributed by atoms with Crippen molar-refractivity contribution in [2.24, 2.45) is 0 Å². The Morgan fingerprint density at radius 2 is 2.04 bits per heavy atom. The van der Waals surface area contributed by atoms with Crippen LogP contribution in [0, 0.1) is 11.3 Å². The number of hydrogen-bond donors (Lipinski definition) is 1. The highest BCUT2D eigenvalue weighted by Crippen LogP contribution is 2.18. The van der Waals surface area contributed by atoms with Crippen molar-refractivity contribution in [2.75, 3.05) is 18.0 Å². The van der Waals surface area contributed by atoms with Gasteiger partial charge in [0.15, 0.2) is 11.5 Å². The van der Waals surface area contributed by atoms with Gasteiger partial charge in [-0.1, -0.05) is 38.1 Å². The minimum absolute atomic E-state index is 0.0464. The van der Waals surface area contributed by atoms with Crippen molar-refractivity contribution in [1.29, 1.82) is 5.26 Å². The van der Waals surface area contributed by atoms with Gasteiger partial charge in [0.1, 0.15) is 6.07 Å². The van der Waals surface area contributed by atoms with Crippen LogP contribution in [0.3, 0.4) is 0 Å². The second kappa shape index (κ2) is 8.63. The number of carbonyl (C=O) groups is 1. The van der Waals surface area contributed by atoms with E-state index in [4.69, 9.17) is 5.26 Å². The molecule has 0 spiro atoms. The van der Waals surface area contributed by atoms with Gasteiger partial charge >= 0.3 is 0 Å². The molecule has 1 amide bonds. The van der Waals surface area contributed by atoms with E-state index >= 15 is 0 Å². The second-order valence-electron chi connectivity index (χ2n) is 7.31. The number of rotatable bonds is 5. The summed E-state index contributed by atoms with van der Waals surface area (Å²) in [5, 5.41) is 20.0. The first-order valence-electron chi connectivity index (χ1n) is 9.42. The Kier molecular flexibility index (Phi) is 6.02. The zero-order valence-corrected chi connectivity index (χ0v) is 15.9. The van der Waals surface area contributed by atoms with Gasteiger partial charge < -0.3 is 10.2 Å². The monoisotopic (exact) mass is 363 g/mol. The third-order valence-electron chi connectivity index (χ3n) is 4.89. The predicted molar refractivity (Wildman–Crippen MR) is 104 cm³/mol. The minimum atomic E-state index is 0.0464. The number of anilines is 1. The van der Waals surface area contributed by atoms with Gasteiger partial charge in [0.05, 0.1) is 6.42 Å². The summed E-state index contributed by atoms with van der Waals surface area (Å²) in [5.41, 5.74) is 2.62. The van der Waals surface area contributed by atoms with Gasteiger partial charge in [0, 0.05) is 19.1 Å². The van der Waals surface area contributed by atoms with E-state index in [9.17, 15) is 4.79 Å². The fraction of sp³-hybridized carbons (Fsp3) is 0.429. The van der Waals surface area contributed by atoms with Gasteiger partial charge in [-0.3, -0.25) is 4.79 Å². The maximum Gasteiger partial charge on any atom is 0.224 e. The van der Waals surface area contributed by atoms with E-state index < -0.39 is 0 Å². The lowest BCUT2D eigenvalue weighted by Crippen LogP contribution is -2.48. The first-order valence-corrected chi connectivity index (χ1v) is 9.42. The predicted octanol–water partition coefficient (Wildman–Crippen LogP) is 2.80. The number of aromatic nitrogens is 2. The Labute approximate surface area is 160 Å². The van der Waals surface area contributed by atoms with Gasteiger partial charge in [0.25, 0.3) is 0 Å². The molecule has 3 rings (SSSR count). The fourth-order valence-electron chi connectivity index (χ4n) is 3.34. The molecule has 0 saturated carbocycles. The Morgan fingerprint density at radius 1 is 1.26 bits per heavy atom. The summed E-state index contributed by atoms with van der Waals surface area (Å²) in [5.74, 6) is 1.29. The molecule has 0 aliphatic carbocycles. The van der Waals surface area contributed by atoms with Crippen LogP contribution >= 0.6 is 0 Å². The van der Waals surface area contributed by atoms with Crippen molar-refractivity contribution in [3.05, 3.63) is 53.2 Å². The Balaban J connectivity index is 1.55. The highest BCUT2D eigenvalue weighted by atomic mass is 16.1. The van der Waals surface area contributed by atoms with Gasteiger partial charge in [-0.2, -0.15) is 5.26 Å². The third-order valence-corrected chi connectivity index (χ3v) is 4.89. The van der Waals surface area contributed by atoms with Crippen LogP contribution in [0.5, 0.6) is 0 Å². The van der Waals surface area contributed by atoms with Crippen LogP contribution in [0.4, 0.5) is 5.82 Å². The van der Waals surface area contributed by atoms with Crippen LogP contribution in [0.2, 0.25) is 0 Å². The first-order chi connectivity index (χ1) is 13.0. The van der Waals surface area contributed by atoms with Gasteiger partial charge in [0.2, 0.25) is 5.91 Å². The van der Waals surface area contributed by atoms with E-state index in [0.29, 0.717) is 24.6 Å². The number of hydrogen-bond acceptors (Lipinski definition) is 5. The van der Waals surface area contributed by atoms with E-state index in [1.54, 1.807) is 6.07 Å². The molecule has 0 radical (unpaired) electrons. The van der Waals surface area contributed by atoms with Crippen molar-refractivity contribution < 1.29 is 4.79 Å². The largest absolute Gasteiger partial charge is 0.353 e. The van der Waals surface area contributed by atoms with Crippen LogP contribution in [0.25, 0.3) is 0 Å². The quantitative estimate of drug-likeness (QED) is 0.883. The molecule has 2 heterocycles. The minimum Gasteiger partial charge on any atom is -0.353 e. The van der Waals surface area contributed by atoms with Crippen LogP contribution in [0.15, 0.2) is 36.4 Å². The fourth-order valence-corrected chi connectivity index (χ4v) is 3.34. The van der Waals surface area contributed by atoms with Crippen molar-refractivity contribution in [2.45, 2.75) is 45.1 Å². The Morgan fingerprint density at radius 3 is 2.67 bits per heavy atom. The number of piperidine rings is 1. The summed E-state index contributed by atoms with van der Waals surface area (Å²) in [7, 11) is 0. The normalized spacial score (nSPS) is 16.8.